The van der Waals surface area contributed by atoms with E-state index in [0.29, 0.717) is 32.5 Å². The summed E-state index contributed by atoms with van der Waals surface area (Å²) in [6.07, 6.45) is 0.263. The van der Waals surface area contributed by atoms with Crippen molar-refractivity contribution in [3.05, 3.63) is 58.6 Å². The number of carbonyl (C=O) groups excluding carboxylic acids is 1. The molecule has 0 saturated carbocycles. The molecule has 0 unspecified atom stereocenters. The fraction of sp³-hybridized carbons (Fsp3) is 0.111. The summed E-state index contributed by atoms with van der Waals surface area (Å²) in [7, 11) is 0. The molecule has 1 aromatic heterocycles. The molecule has 0 aliphatic carbocycles. The van der Waals surface area contributed by atoms with Crippen molar-refractivity contribution in [2.45, 2.75) is 11.6 Å². The molecule has 4 nitrogen and oxygen atoms in total. The Kier molecular flexibility index (Phi) is 5.68. The van der Waals surface area contributed by atoms with Gasteiger partial charge in [-0.1, -0.05) is 47.1 Å². The standard InChI is InChI=1S/C18H14Cl2N2O2S/c19-13-5-1-11(2-6-13)16-17(12-3-7-14(20)8-4-12)24-18(22-16)25-10-9-15(21)23/h1-8H,9-10H2,(H2,21,23). The van der Waals surface area contributed by atoms with Gasteiger partial charge in [0, 0.05) is 33.3 Å². The Hall–Kier alpha value is -1.95. The molecule has 7 heteroatoms. The largest absolute Gasteiger partial charge is 0.431 e. The van der Waals surface area contributed by atoms with E-state index in [2.05, 4.69) is 4.98 Å². The Morgan fingerprint density at radius 3 is 2.12 bits per heavy atom. The summed E-state index contributed by atoms with van der Waals surface area (Å²) in [4.78, 5) is 15.5. The lowest BCUT2D eigenvalue weighted by Crippen LogP contribution is -2.10. The predicted molar refractivity (Wildman–Crippen MR) is 102 cm³/mol. The van der Waals surface area contributed by atoms with Crippen LogP contribution in [0.5, 0.6) is 0 Å². The molecule has 0 aliphatic heterocycles. The molecule has 128 valence electrons. The fourth-order valence-corrected chi connectivity index (χ4v) is 3.23. The zero-order valence-corrected chi connectivity index (χ0v) is 15.4. The van der Waals surface area contributed by atoms with Gasteiger partial charge in [0.25, 0.3) is 5.22 Å². The van der Waals surface area contributed by atoms with E-state index in [1.54, 1.807) is 24.3 Å². The Balaban J connectivity index is 1.98. The van der Waals surface area contributed by atoms with E-state index in [0.717, 1.165) is 11.1 Å². The molecule has 0 fully saturated rings. The third-order valence-corrected chi connectivity index (χ3v) is 4.74. The van der Waals surface area contributed by atoms with Crippen molar-refractivity contribution in [1.29, 1.82) is 0 Å². The average Bonchev–Trinajstić information content (AvgIpc) is 3.00. The minimum Gasteiger partial charge on any atom is -0.431 e. The Bertz CT molecular complexity index is 814. The zero-order chi connectivity index (χ0) is 17.8. The lowest BCUT2D eigenvalue weighted by atomic mass is 10.1. The average molecular weight is 393 g/mol. The number of nitrogens with zero attached hydrogens (tertiary/aromatic N) is 1. The number of carbonyl (C=O) groups is 1. The van der Waals surface area contributed by atoms with Gasteiger partial charge in [0.1, 0.15) is 5.69 Å². The molecule has 1 amide bonds. The van der Waals surface area contributed by atoms with Crippen LogP contribution in [0.25, 0.3) is 22.6 Å². The summed E-state index contributed by atoms with van der Waals surface area (Å²) in [5.41, 5.74) is 7.64. The SMILES string of the molecule is NC(=O)CCSc1nc(-c2ccc(Cl)cc2)c(-c2ccc(Cl)cc2)o1. The van der Waals surface area contributed by atoms with Crippen molar-refractivity contribution in [2.75, 3.05) is 5.75 Å². The molecule has 0 bridgehead atoms. The van der Waals surface area contributed by atoms with Crippen molar-refractivity contribution < 1.29 is 9.21 Å². The monoisotopic (exact) mass is 392 g/mol. The van der Waals surface area contributed by atoms with Gasteiger partial charge in [-0.2, -0.15) is 0 Å². The Morgan fingerprint density at radius 2 is 1.56 bits per heavy atom. The quantitative estimate of drug-likeness (QED) is 0.579. The molecular formula is C18H14Cl2N2O2S. The normalized spacial score (nSPS) is 10.8. The summed E-state index contributed by atoms with van der Waals surface area (Å²) < 4.78 is 5.93. The van der Waals surface area contributed by atoms with Gasteiger partial charge in [-0.05, 0) is 36.4 Å². The van der Waals surface area contributed by atoms with E-state index in [-0.39, 0.29) is 12.3 Å². The number of primary amides is 1. The minimum atomic E-state index is -0.352. The van der Waals surface area contributed by atoms with Gasteiger partial charge in [-0.3, -0.25) is 4.79 Å². The number of thioether (sulfide) groups is 1. The molecule has 0 atom stereocenters. The highest BCUT2D eigenvalue weighted by atomic mass is 35.5. The van der Waals surface area contributed by atoms with Crippen molar-refractivity contribution in [2.24, 2.45) is 5.73 Å². The molecule has 0 radical (unpaired) electrons. The molecule has 1 heterocycles. The molecular weight excluding hydrogens is 379 g/mol. The number of aromatic nitrogens is 1. The van der Waals surface area contributed by atoms with Crippen LogP contribution in [-0.4, -0.2) is 16.6 Å². The summed E-state index contributed by atoms with van der Waals surface area (Å²) >= 11 is 13.3. The van der Waals surface area contributed by atoms with E-state index in [1.807, 2.05) is 24.3 Å². The molecule has 2 N–H and O–H groups in total. The first kappa shape index (κ1) is 17.9. The smallest absolute Gasteiger partial charge is 0.256 e. The first-order chi connectivity index (χ1) is 12.0. The lowest BCUT2D eigenvalue weighted by Gasteiger charge is -2.02. The highest BCUT2D eigenvalue weighted by Gasteiger charge is 2.17. The molecule has 3 aromatic rings. The van der Waals surface area contributed by atoms with E-state index in [9.17, 15) is 4.79 Å². The number of amides is 1. The van der Waals surface area contributed by atoms with Gasteiger partial charge in [-0.25, -0.2) is 4.98 Å². The van der Waals surface area contributed by atoms with Crippen molar-refractivity contribution in [3.8, 4) is 22.6 Å². The number of benzene rings is 2. The number of oxazole rings is 1. The maximum atomic E-state index is 10.9. The van der Waals surface area contributed by atoms with E-state index < -0.39 is 0 Å². The summed E-state index contributed by atoms with van der Waals surface area (Å²) in [5, 5.41) is 1.78. The molecule has 0 saturated heterocycles. The summed E-state index contributed by atoms with van der Waals surface area (Å²) in [5.74, 6) is 0.797. The van der Waals surface area contributed by atoms with Gasteiger partial charge in [0.05, 0.1) is 0 Å². The minimum absolute atomic E-state index is 0.263. The molecule has 0 spiro atoms. The van der Waals surface area contributed by atoms with Crippen LogP contribution in [0, 0.1) is 0 Å². The van der Waals surface area contributed by atoms with E-state index >= 15 is 0 Å². The number of hydrogen-bond donors (Lipinski definition) is 1. The number of nitrogens with two attached hydrogens (primary N) is 1. The topological polar surface area (TPSA) is 69.1 Å². The zero-order valence-electron chi connectivity index (χ0n) is 13.0. The van der Waals surface area contributed by atoms with Gasteiger partial charge in [0.2, 0.25) is 5.91 Å². The number of hydrogen-bond acceptors (Lipinski definition) is 4. The third-order valence-electron chi connectivity index (χ3n) is 3.41. The van der Waals surface area contributed by atoms with E-state index in [1.165, 1.54) is 11.8 Å². The second kappa shape index (κ2) is 7.95. The lowest BCUT2D eigenvalue weighted by molar-refractivity contribution is -0.117. The molecule has 2 aromatic carbocycles. The Labute approximate surface area is 159 Å². The van der Waals surface area contributed by atoms with Gasteiger partial charge in [-0.15, -0.1) is 0 Å². The van der Waals surface area contributed by atoms with Crippen molar-refractivity contribution >= 4 is 40.9 Å². The molecule has 0 aliphatic rings. The Morgan fingerprint density at radius 1 is 1.00 bits per heavy atom. The highest BCUT2D eigenvalue weighted by Crippen LogP contribution is 2.36. The highest BCUT2D eigenvalue weighted by molar-refractivity contribution is 7.99. The maximum absolute atomic E-state index is 10.9. The molecule has 25 heavy (non-hydrogen) atoms. The third kappa shape index (κ3) is 4.57. The predicted octanol–water partition coefficient (Wildman–Crippen LogP) is 5.28. The summed E-state index contributed by atoms with van der Waals surface area (Å²) in [6.45, 7) is 0. The van der Waals surface area contributed by atoms with Crippen LogP contribution >= 0.6 is 35.0 Å². The maximum Gasteiger partial charge on any atom is 0.256 e. The van der Waals surface area contributed by atoms with Crippen LogP contribution < -0.4 is 5.73 Å². The van der Waals surface area contributed by atoms with Crippen LogP contribution in [-0.2, 0) is 4.79 Å². The van der Waals surface area contributed by atoms with E-state index in [4.69, 9.17) is 33.4 Å². The van der Waals surface area contributed by atoms with Gasteiger partial charge in [0.15, 0.2) is 5.76 Å². The van der Waals surface area contributed by atoms with Gasteiger partial charge < -0.3 is 10.2 Å². The van der Waals surface area contributed by atoms with Crippen LogP contribution in [0.2, 0.25) is 10.0 Å². The first-order valence-corrected chi connectivity index (χ1v) is 9.21. The van der Waals surface area contributed by atoms with Crippen LogP contribution in [0.4, 0.5) is 0 Å². The first-order valence-electron chi connectivity index (χ1n) is 7.47. The number of halogens is 2. The summed E-state index contributed by atoms with van der Waals surface area (Å²) in [6, 6.07) is 14.7. The second-order valence-electron chi connectivity index (χ2n) is 5.24. The molecule has 3 rings (SSSR count). The van der Waals surface area contributed by atoms with Crippen molar-refractivity contribution in [3.63, 3.8) is 0 Å². The van der Waals surface area contributed by atoms with Crippen LogP contribution in [0.1, 0.15) is 6.42 Å². The van der Waals surface area contributed by atoms with Gasteiger partial charge >= 0.3 is 0 Å². The van der Waals surface area contributed by atoms with Crippen LogP contribution in [0.3, 0.4) is 0 Å². The van der Waals surface area contributed by atoms with Crippen LogP contribution in [0.15, 0.2) is 58.2 Å². The number of rotatable bonds is 6. The second-order valence-corrected chi connectivity index (χ2v) is 7.16. The fourth-order valence-electron chi connectivity index (χ4n) is 2.20. The van der Waals surface area contributed by atoms with Crippen molar-refractivity contribution in [1.82, 2.24) is 4.98 Å².